The molecule has 4 aromatic rings. The number of hydrogen-bond donors (Lipinski definition) is 0. The van der Waals surface area contributed by atoms with E-state index < -0.39 is 12.0 Å². The Labute approximate surface area is 230 Å². The lowest BCUT2D eigenvalue weighted by Gasteiger charge is -2.26. The minimum Gasteiger partial charge on any atom is -0.496 e. The number of carbonyl (C=O) groups excluding carboxylic acids is 1. The number of esters is 1. The molecule has 1 aliphatic rings. The zero-order valence-corrected chi connectivity index (χ0v) is 23.2. The molecule has 0 fully saturated rings. The zero-order valence-electron chi connectivity index (χ0n) is 22.3. The van der Waals surface area contributed by atoms with Gasteiger partial charge in [-0.25, -0.2) is 9.79 Å². The quantitative estimate of drug-likeness (QED) is 0.227. The maximum absolute atomic E-state index is 14.1. The SMILES string of the molecule is C=CCn1cc(/C=c2/sc3n(c2=O)C(c2ccccc2OC)C(C(=O)OCC)=C(CCC)N=3)c2ccccc21. The molecule has 8 heteroatoms. The van der Waals surface area contributed by atoms with Crippen LogP contribution in [0, 0.1) is 0 Å². The van der Waals surface area contributed by atoms with Crippen LogP contribution in [-0.4, -0.2) is 28.8 Å². The summed E-state index contributed by atoms with van der Waals surface area (Å²) in [7, 11) is 1.59. The normalized spacial score (nSPS) is 15.3. The van der Waals surface area contributed by atoms with Crippen molar-refractivity contribution in [1.29, 1.82) is 0 Å². The van der Waals surface area contributed by atoms with E-state index in [1.165, 1.54) is 11.3 Å². The van der Waals surface area contributed by atoms with E-state index in [1.54, 1.807) is 18.6 Å². The first kappa shape index (κ1) is 26.4. The van der Waals surface area contributed by atoms with Crippen molar-refractivity contribution in [2.24, 2.45) is 4.99 Å². The van der Waals surface area contributed by atoms with Gasteiger partial charge < -0.3 is 14.0 Å². The summed E-state index contributed by atoms with van der Waals surface area (Å²) in [5, 5.41) is 1.05. The average Bonchev–Trinajstić information content (AvgIpc) is 3.45. The van der Waals surface area contributed by atoms with Gasteiger partial charge in [0.05, 0.1) is 29.5 Å². The lowest BCUT2D eigenvalue weighted by molar-refractivity contribution is -0.139. The maximum Gasteiger partial charge on any atom is 0.338 e. The summed E-state index contributed by atoms with van der Waals surface area (Å²) in [6, 6.07) is 14.8. The maximum atomic E-state index is 14.1. The molecule has 0 radical (unpaired) electrons. The summed E-state index contributed by atoms with van der Waals surface area (Å²) >= 11 is 1.33. The standard InChI is InChI=1S/C31H31N3O4S/c1-5-12-23-27(30(36)38-7-3)28(22-14-9-11-16-25(22)37-4)34-29(35)26(39-31(34)32-23)18-20-19-33(17-6-2)24-15-10-8-13-21(20)24/h6,8-11,13-16,18-19,28H,2,5,7,12,17H2,1,3-4H3/b26-18+. The van der Waals surface area contributed by atoms with Crippen LogP contribution in [0.15, 0.2) is 88.4 Å². The van der Waals surface area contributed by atoms with E-state index in [1.807, 2.05) is 67.7 Å². The smallest absolute Gasteiger partial charge is 0.338 e. The first-order valence-electron chi connectivity index (χ1n) is 13.1. The monoisotopic (exact) mass is 541 g/mol. The summed E-state index contributed by atoms with van der Waals surface area (Å²) in [6.07, 6.45) is 7.18. The van der Waals surface area contributed by atoms with Gasteiger partial charge in [-0.15, -0.1) is 6.58 Å². The Balaban J connectivity index is 1.79. The molecule has 2 aromatic carbocycles. The van der Waals surface area contributed by atoms with Gasteiger partial charge in [0.1, 0.15) is 11.8 Å². The summed E-state index contributed by atoms with van der Waals surface area (Å²) in [5.74, 6) is 0.117. The summed E-state index contributed by atoms with van der Waals surface area (Å²) in [6.45, 7) is 8.57. The number of benzene rings is 2. The van der Waals surface area contributed by atoms with Crippen molar-refractivity contribution in [1.82, 2.24) is 9.13 Å². The second kappa shape index (κ2) is 11.3. The molecule has 200 valence electrons. The summed E-state index contributed by atoms with van der Waals surface area (Å²) in [5.41, 5.74) is 3.52. The van der Waals surface area contributed by atoms with Crippen molar-refractivity contribution in [3.05, 3.63) is 109 Å². The predicted octanol–water partition coefficient (Wildman–Crippen LogP) is 4.73. The van der Waals surface area contributed by atoms with Crippen LogP contribution in [0.5, 0.6) is 5.75 Å². The minimum atomic E-state index is -0.720. The van der Waals surface area contributed by atoms with Crippen LogP contribution in [0.2, 0.25) is 0 Å². The molecule has 0 spiro atoms. The van der Waals surface area contributed by atoms with E-state index in [0.717, 1.165) is 22.9 Å². The fraction of sp³-hybridized carbons (Fsp3) is 0.258. The highest BCUT2D eigenvalue weighted by Gasteiger charge is 2.35. The Bertz CT molecular complexity index is 1770. The third-order valence-electron chi connectivity index (χ3n) is 6.76. The summed E-state index contributed by atoms with van der Waals surface area (Å²) < 4.78 is 15.4. The van der Waals surface area contributed by atoms with Gasteiger partial charge in [0, 0.05) is 34.8 Å². The van der Waals surface area contributed by atoms with Gasteiger partial charge in [0.25, 0.3) is 5.56 Å². The highest BCUT2D eigenvalue weighted by Crippen LogP contribution is 2.36. The number of carbonyl (C=O) groups is 1. The Kier molecular flexibility index (Phi) is 7.65. The number of allylic oxidation sites excluding steroid dienone is 2. The number of ether oxygens (including phenoxy) is 2. The highest BCUT2D eigenvalue weighted by atomic mass is 32.1. The number of thiazole rings is 1. The van der Waals surface area contributed by atoms with Crippen LogP contribution >= 0.6 is 11.3 Å². The van der Waals surface area contributed by atoms with Crippen molar-refractivity contribution < 1.29 is 14.3 Å². The molecule has 1 aliphatic heterocycles. The highest BCUT2D eigenvalue weighted by molar-refractivity contribution is 7.07. The molecule has 0 saturated heterocycles. The molecule has 2 aromatic heterocycles. The van der Waals surface area contributed by atoms with Gasteiger partial charge in [-0.05, 0) is 31.6 Å². The number of para-hydroxylation sites is 2. The zero-order chi connectivity index (χ0) is 27.5. The lowest BCUT2D eigenvalue weighted by Crippen LogP contribution is -2.40. The second-order valence-electron chi connectivity index (χ2n) is 9.20. The third-order valence-corrected chi connectivity index (χ3v) is 7.74. The van der Waals surface area contributed by atoms with Crippen LogP contribution in [-0.2, 0) is 16.1 Å². The largest absolute Gasteiger partial charge is 0.496 e. The van der Waals surface area contributed by atoms with Crippen LogP contribution in [0.3, 0.4) is 0 Å². The van der Waals surface area contributed by atoms with Crippen molar-refractivity contribution in [3.8, 4) is 5.75 Å². The molecule has 39 heavy (non-hydrogen) atoms. The van der Waals surface area contributed by atoms with Crippen LogP contribution in [0.4, 0.5) is 0 Å². The van der Waals surface area contributed by atoms with Crippen molar-refractivity contribution in [3.63, 3.8) is 0 Å². The molecule has 0 saturated carbocycles. The Morgan fingerprint density at radius 1 is 1.15 bits per heavy atom. The van der Waals surface area contributed by atoms with Crippen molar-refractivity contribution in [2.75, 3.05) is 13.7 Å². The van der Waals surface area contributed by atoms with Gasteiger partial charge >= 0.3 is 5.97 Å². The number of methoxy groups -OCH3 is 1. The number of rotatable bonds is 9. The van der Waals surface area contributed by atoms with E-state index in [2.05, 4.69) is 17.2 Å². The average molecular weight is 542 g/mol. The molecule has 5 rings (SSSR count). The molecule has 7 nitrogen and oxygen atoms in total. The topological polar surface area (TPSA) is 74.8 Å². The Morgan fingerprint density at radius 2 is 1.92 bits per heavy atom. The third kappa shape index (κ3) is 4.76. The molecule has 3 heterocycles. The van der Waals surface area contributed by atoms with Gasteiger partial charge in [-0.2, -0.15) is 0 Å². The summed E-state index contributed by atoms with van der Waals surface area (Å²) in [4.78, 5) is 32.9. The first-order valence-corrected chi connectivity index (χ1v) is 13.9. The van der Waals surface area contributed by atoms with Crippen LogP contribution < -0.4 is 19.6 Å². The number of aromatic nitrogens is 2. The number of fused-ring (bicyclic) bond motifs is 2. The van der Waals surface area contributed by atoms with Gasteiger partial charge in [0.2, 0.25) is 0 Å². The lowest BCUT2D eigenvalue weighted by atomic mass is 9.93. The van der Waals surface area contributed by atoms with Crippen molar-refractivity contribution in [2.45, 2.75) is 39.3 Å². The fourth-order valence-corrected chi connectivity index (χ4v) is 6.14. The van der Waals surface area contributed by atoms with E-state index in [4.69, 9.17) is 14.5 Å². The molecule has 0 bridgehead atoms. The molecule has 0 aliphatic carbocycles. The van der Waals surface area contributed by atoms with E-state index in [9.17, 15) is 9.59 Å². The van der Waals surface area contributed by atoms with Gasteiger partial charge in [-0.3, -0.25) is 9.36 Å². The van der Waals surface area contributed by atoms with E-state index >= 15 is 0 Å². The molecule has 1 atom stereocenters. The molecular formula is C31H31N3O4S. The molecule has 1 unspecified atom stereocenters. The number of nitrogens with zero attached hydrogens (tertiary/aromatic N) is 3. The molecule has 0 amide bonds. The van der Waals surface area contributed by atoms with E-state index in [0.29, 0.717) is 44.9 Å². The second-order valence-corrected chi connectivity index (χ2v) is 10.2. The van der Waals surface area contributed by atoms with Gasteiger partial charge in [0.15, 0.2) is 4.80 Å². The predicted molar refractivity (Wildman–Crippen MR) is 155 cm³/mol. The Hall–Kier alpha value is -4.17. The fourth-order valence-electron chi connectivity index (χ4n) is 5.13. The van der Waals surface area contributed by atoms with Crippen molar-refractivity contribution >= 4 is 34.3 Å². The van der Waals surface area contributed by atoms with Crippen LogP contribution in [0.25, 0.3) is 17.0 Å². The molecular weight excluding hydrogens is 510 g/mol. The Morgan fingerprint density at radius 3 is 2.67 bits per heavy atom. The van der Waals surface area contributed by atoms with E-state index in [-0.39, 0.29) is 12.2 Å². The number of hydrogen-bond acceptors (Lipinski definition) is 6. The molecule has 0 N–H and O–H groups in total. The van der Waals surface area contributed by atoms with Crippen LogP contribution in [0.1, 0.15) is 43.9 Å². The minimum absolute atomic E-state index is 0.215. The van der Waals surface area contributed by atoms with Gasteiger partial charge in [-0.1, -0.05) is 67.2 Å². The first-order chi connectivity index (χ1) is 19.0.